The topological polar surface area (TPSA) is 67.5 Å². The second-order valence-corrected chi connectivity index (χ2v) is 4.78. The monoisotopic (exact) mass is 291 g/mol. The van der Waals surface area contributed by atoms with Crippen LogP contribution in [-0.2, 0) is 0 Å². The Morgan fingerprint density at radius 1 is 0.955 bits per heavy atom. The van der Waals surface area contributed by atoms with Gasteiger partial charge in [0.25, 0.3) is 5.69 Å². The van der Waals surface area contributed by atoms with Gasteiger partial charge in [-0.2, -0.15) is 5.10 Å². The molecule has 3 aromatic rings. The second-order valence-electron chi connectivity index (χ2n) is 4.78. The molecule has 0 aromatic heterocycles. The standard InChI is InChI=1S/C17H13N3O2/c21-20(22)17-9-5-13(6-10-17)12-18-19-16-8-7-14-3-1-2-4-15(14)11-16/h1-12,19H/b18-12+. The normalized spacial score (nSPS) is 10.9. The summed E-state index contributed by atoms with van der Waals surface area (Å²) in [4.78, 5) is 10.2. The molecular weight excluding hydrogens is 278 g/mol. The fourth-order valence-corrected chi connectivity index (χ4v) is 2.12. The van der Waals surface area contributed by atoms with Crippen LogP contribution >= 0.6 is 0 Å². The Morgan fingerprint density at radius 3 is 2.41 bits per heavy atom. The summed E-state index contributed by atoms with van der Waals surface area (Å²) in [6.07, 6.45) is 1.62. The van der Waals surface area contributed by atoms with E-state index in [1.165, 1.54) is 17.5 Å². The summed E-state index contributed by atoms with van der Waals surface area (Å²) in [5, 5.41) is 17.0. The molecule has 1 N–H and O–H groups in total. The first-order valence-corrected chi connectivity index (χ1v) is 6.75. The molecule has 3 rings (SSSR count). The summed E-state index contributed by atoms with van der Waals surface area (Å²) >= 11 is 0. The molecule has 0 radical (unpaired) electrons. The van der Waals surface area contributed by atoms with Crippen molar-refractivity contribution in [3.8, 4) is 0 Å². The van der Waals surface area contributed by atoms with Crippen LogP contribution in [0.15, 0.2) is 71.8 Å². The average molecular weight is 291 g/mol. The van der Waals surface area contributed by atoms with E-state index in [4.69, 9.17) is 0 Å². The minimum Gasteiger partial charge on any atom is -0.278 e. The molecule has 108 valence electrons. The number of hydrogen-bond acceptors (Lipinski definition) is 4. The van der Waals surface area contributed by atoms with E-state index in [1.54, 1.807) is 18.3 Å². The third-order valence-electron chi connectivity index (χ3n) is 3.26. The van der Waals surface area contributed by atoms with Crippen molar-refractivity contribution in [3.63, 3.8) is 0 Å². The minimum absolute atomic E-state index is 0.0691. The predicted molar refractivity (Wildman–Crippen MR) is 88.3 cm³/mol. The van der Waals surface area contributed by atoms with Crippen LogP contribution in [-0.4, -0.2) is 11.1 Å². The Bertz CT molecular complexity index is 842. The van der Waals surface area contributed by atoms with Crippen LogP contribution in [0.3, 0.4) is 0 Å². The van der Waals surface area contributed by atoms with Crippen molar-refractivity contribution in [1.82, 2.24) is 0 Å². The van der Waals surface area contributed by atoms with E-state index in [2.05, 4.69) is 16.6 Å². The Hall–Kier alpha value is -3.21. The number of non-ortho nitro benzene ring substituents is 1. The van der Waals surface area contributed by atoms with Crippen molar-refractivity contribution >= 4 is 28.4 Å². The summed E-state index contributed by atoms with van der Waals surface area (Å²) in [5.41, 5.74) is 4.70. The van der Waals surface area contributed by atoms with Crippen LogP contribution < -0.4 is 5.43 Å². The molecule has 0 aliphatic heterocycles. The maximum Gasteiger partial charge on any atom is 0.269 e. The molecule has 0 amide bonds. The first-order valence-electron chi connectivity index (χ1n) is 6.75. The van der Waals surface area contributed by atoms with Gasteiger partial charge in [0, 0.05) is 12.1 Å². The average Bonchev–Trinajstić information content (AvgIpc) is 2.55. The van der Waals surface area contributed by atoms with Crippen LogP contribution in [0.5, 0.6) is 0 Å². The van der Waals surface area contributed by atoms with Gasteiger partial charge in [-0.05, 0) is 40.6 Å². The second kappa shape index (κ2) is 6.05. The number of hydrogen-bond donors (Lipinski definition) is 1. The van der Waals surface area contributed by atoms with Crippen LogP contribution in [0.2, 0.25) is 0 Å². The highest BCUT2D eigenvalue weighted by Crippen LogP contribution is 2.18. The van der Waals surface area contributed by atoms with Gasteiger partial charge in [-0.3, -0.25) is 15.5 Å². The van der Waals surface area contributed by atoms with E-state index in [-0.39, 0.29) is 5.69 Å². The van der Waals surface area contributed by atoms with Crippen molar-refractivity contribution in [1.29, 1.82) is 0 Å². The zero-order valence-corrected chi connectivity index (χ0v) is 11.6. The summed E-state index contributed by atoms with van der Waals surface area (Å²) in [7, 11) is 0. The summed E-state index contributed by atoms with van der Waals surface area (Å²) in [5.74, 6) is 0. The fraction of sp³-hybridized carbons (Fsp3) is 0. The highest BCUT2D eigenvalue weighted by atomic mass is 16.6. The molecule has 0 heterocycles. The van der Waals surface area contributed by atoms with Gasteiger partial charge in [-0.15, -0.1) is 0 Å². The van der Waals surface area contributed by atoms with Crippen molar-refractivity contribution in [2.45, 2.75) is 0 Å². The third-order valence-corrected chi connectivity index (χ3v) is 3.26. The van der Waals surface area contributed by atoms with Gasteiger partial charge in [-0.1, -0.05) is 30.3 Å². The Labute approximate surface area is 127 Å². The molecule has 0 unspecified atom stereocenters. The minimum atomic E-state index is -0.422. The molecule has 0 bridgehead atoms. The molecule has 0 saturated heterocycles. The Balaban J connectivity index is 1.71. The number of nitrogens with zero attached hydrogens (tertiary/aromatic N) is 2. The van der Waals surface area contributed by atoms with Gasteiger partial charge in [0.1, 0.15) is 0 Å². The van der Waals surface area contributed by atoms with E-state index < -0.39 is 4.92 Å². The van der Waals surface area contributed by atoms with Gasteiger partial charge in [0.15, 0.2) is 0 Å². The maximum atomic E-state index is 10.6. The van der Waals surface area contributed by atoms with Gasteiger partial charge in [-0.25, -0.2) is 0 Å². The first-order chi connectivity index (χ1) is 10.7. The molecule has 5 nitrogen and oxygen atoms in total. The SMILES string of the molecule is O=[N+]([O-])c1ccc(/C=N/Nc2ccc3ccccc3c2)cc1. The largest absolute Gasteiger partial charge is 0.278 e. The van der Waals surface area contributed by atoms with Gasteiger partial charge >= 0.3 is 0 Å². The predicted octanol–water partition coefficient (Wildman–Crippen LogP) is 4.19. The number of hydrazone groups is 1. The molecule has 0 saturated carbocycles. The maximum absolute atomic E-state index is 10.6. The van der Waals surface area contributed by atoms with Crippen LogP contribution in [0, 0.1) is 10.1 Å². The lowest BCUT2D eigenvalue weighted by molar-refractivity contribution is -0.384. The summed E-state index contributed by atoms with van der Waals surface area (Å²) in [6.45, 7) is 0. The smallest absolute Gasteiger partial charge is 0.269 e. The zero-order chi connectivity index (χ0) is 15.4. The number of nitro benzene ring substituents is 1. The Morgan fingerprint density at radius 2 is 1.68 bits per heavy atom. The van der Waals surface area contributed by atoms with Gasteiger partial charge in [0.05, 0.1) is 16.8 Å². The van der Waals surface area contributed by atoms with E-state index in [0.29, 0.717) is 0 Å². The van der Waals surface area contributed by atoms with E-state index >= 15 is 0 Å². The van der Waals surface area contributed by atoms with Crippen molar-refractivity contribution < 1.29 is 4.92 Å². The highest BCUT2D eigenvalue weighted by Gasteiger charge is 2.02. The van der Waals surface area contributed by atoms with E-state index in [1.807, 2.05) is 36.4 Å². The summed E-state index contributed by atoms with van der Waals surface area (Å²) in [6, 6.07) is 20.3. The van der Waals surface area contributed by atoms with Crippen LogP contribution in [0.25, 0.3) is 10.8 Å². The van der Waals surface area contributed by atoms with Crippen molar-refractivity contribution in [2.75, 3.05) is 5.43 Å². The molecule has 0 aliphatic carbocycles. The lowest BCUT2D eigenvalue weighted by Crippen LogP contribution is -1.92. The van der Waals surface area contributed by atoms with Gasteiger partial charge < -0.3 is 0 Å². The number of nitrogens with one attached hydrogen (secondary N) is 1. The molecule has 0 atom stereocenters. The number of nitro groups is 1. The molecule has 0 spiro atoms. The van der Waals surface area contributed by atoms with Crippen molar-refractivity contribution in [2.24, 2.45) is 5.10 Å². The molecule has 0 fully saturated rings. The molecular formula is C17H13N3O2. The van der Waals surface area contributed by atoms with Crippen molar-refractivity contribution in [3.05, 3.63) is 82.4 Å². The lowest BCUT2D eigenvalue weighted by atomic mass is 10.1. The fourth-order valence-electron chi connectivity index (χ4n) is 2.12. The van der Waals surface area contributed by atoms with Crippen LogP contribution in [0.1, 0.15) is 5.56 Å². The zero-order valence-electron chi connectivity index (χ0n) is 11.6. The first kappa shape index (κ1) is 13.8. The molecule has 3 aromatic carbocycles. The number of rotatable bonds is 4. The van der Waals surface area contributed by atoms with E-state index in [0.717, 1.165) is 16.6 Å². The lowest BCUT2D eigenvalue weighted by Gasteiger charge is -2.02. The molecule has 22 heavy (non-hydrogen) atoms. The molecule has 0 aliphatic rings. The van der Waals surface area contributed by atoms with Gasteiger partial charge in [0.2, 0.25) is 0 Å². The van der Waals surface area contributed by atoms with E-state index in [9.17, 15) is 10.1 Å². The highest BCUT2D eigenvalue weighted by molar-refractivity contribution is 5.86. The third kappa shape index (κ3) is 3.09. The number of anilines is 1. The van der Waals surface area contributed by atoms with Crippen LogP contribution in [0.4, 0.5) is 11.4 Å². The number of fused-ring (bicyclic) bond motifs is 1. The molecule has 5 heteroatoms. The number of benzene rings is 3. The summed E-state index contributed by atoms with van der Waals surface area (Å²) < 4.78 is 0. The Kier molecular flexibility index (Phi) is 3.78. The quantitative estimate of drug-likeness (QED) is 0.445.